The minimum atomic E-state index is -0.570. The Bertz CT molecular complexity index is 1620. The second kappa shape index (κ2) is 9.81. The molecule has 0 spiro atoms. The summed E-state index contributed by atoms with van der Waals surface area (Å²) in [5.41, 5.74) is 14.0. The number of nitrogens with zero attached hydrogens (tertiary/aromatic N) is 1. The first-order chi connectivity index (χ1) is 19.6. The molecular weight excluding hydrogens is 510 g/mol. The van der Waals surface area contributed by atoms with Crippen molar-refractivity contribution in [3.05, 3.63) is 113 Å². The molecule has 6 nitrogen and oxygen atoms in total. The van der Waals surface area contributed by atoms with Crippen molar-refractivity contribution < 1.29 is 14.3 Å². The van der Waals surface area contributed by atoms with E-state index in [1.54, 1.807) is 13.0 Å². The number of amides is 2. The van der Waals surface area contributed by atoms with Gasteiger partial charge in [-0.15, -0.1) is 0 Å². The van der Waals surface area contributed by atoms with Gasteiger partial charge in [0.05, 0.1) is 17.1 Å². The normalized spacial score (nSPS) is 18.7. The topological polar surface area (TPSA) is 84.7 Å². The van der Waals surface area contributed by atoms with Crippen molar-refractivity contribution in [1.29, 1.82) is 0 Å². The molecule has 2 amide bonds. The van der Waals surface area contributed by atoms with Crippen molar-refractivity contribution in [1.82, 2.24) is 0 Å². The first-order valence-electron chi connectivity index (χ1n) is 14.0. The molecule has 2 aliphatic rings. The maximum absolute atomic E-state index is 13.2. The maximum Gasteiger partial charge on any atom is 0.411 e. The van der Waals surface area contributed by atoms with Crippen LogP contribution in [0.2, 0.25) is 0 Å². The van der Waals surface area contributed by atoms with Gasteiger partial charge in [0.2, 0.25) is 5.91 Å². The summed E-state index contributed by atoms with van der Waals surface area (Å²) in [4.78, 5) is 27.9. The van der Waals surface area contributed by atoms with Crippen molar-refractivity contribution in [3.63, 3.8) is 0 Å². The number of ether oxygens (including phenoxy) is 1. The van der Waals surface area contributed by atoms with E-state index in [0.29, 0.717) is 17.8 Å². The molecule has 0 saturated heterocycles. The fourth-order valence-electron chi connectivity index (χ4n) is 7.11. The zero-order valence-electron chi connectivity index (χ0n) is 23.9. The molecule has 1 atom stereocenters. The first-order valence-corrected chi connectivity index (χ1v) is 14.0. The molecule has 4 aromatic rings. The van der Waals surface area contributed by atoms with E-state index in [0.717, 1.165) is 27.9 Å². The Morgan fingerprint density at radius 3 is 2.10 bits per heavy atom. The zero-order chi connectivity index (χ0) is 28.9. The zero-order valence-corrected chi connectivity index (χ0v) is 23.9. The van der Waals surface area contributed by atoms with Gasteiger partial charge in [-0.3, -0.25) is 10.1 Å². The Morgan fingerprint density at radius 2 is 1.49 bits per heavy atom. The maximum atomic E-state index is 13.2. The minimum absolute atomic E-state index is 0.0400. The molecular formula is C35H35N3O3. The predicted molar refractivity (Wildman–Crippen MR) is 164 cm³/mol. The van der Waals surface area contributed by atoms with Crippen molar-refractivity contribution in [2.75, 3.05) is 22.6 Å². The van der Waals surface area contributed by atoms with E-state index < -0.39 is 17.0 Å². The number of fused-ring (bicyclic) bond motifs is 4. The lowest BCUT2D eigenvalue weighted by molar-refractivity contribution is -0.117. The van der Waals surface area contributed by atoms with E-state index in [1.807, 2.05) is 53.4 Å². The summed E-state index contributed by atoms with van der Waals surface area (Å²) >= 11 is 0. The van der Waals surface area contributed by atoms with Crippen LogP contribution in [0, 0.1) is 0 Å². The first kappa shape index (κ1) is 26.6. The van der Waals surface area contributed by atoms with Gasteiger partial charge in [-0.1, -0.05) is 85.8 Å². The largest absolute Gasteiger partial charge is 0.448 e. The summed E-state index contributed by atoms with van der Waals surface area (Å²) in [6.07, 6.45) is 0.129. The van der Waals surface area contributed by atoms with Crippen molar-refractivity contribution in [2.24, 2.45) is 0 Å². The van der Waals surface area contributed by atoms with Crippen LogP contribution >= 0.6 is 0 Å². The molecule has 0 fully saturated rings. The highest BCUT2D eigenvalue weighted by atomic mass is 16.5. The molecule has 6 rings (SSSR count). The van der Waals surface area contributed by atoms with Gasteiger partial charge in [0.25, 0.3) is 0 Å². The number of anilines is 3. The molecule has 41 heavy (non-hydrogen) atoms. The Hall–Kier alpha value is -4.58. The van der Waals surface area contributed by atoms with Crippen LogP contribution in [0.4, 0.5) is 21.9 Å². The number of hydrogen-bond acceptors (Lipinski definition) is 4. The molecule has 4 aromatic carbocycles. The van der Waals surface area contributed by atoms with E-state index in [1.165, 1.54) is 11.1 Å². The Balaban J connectivity index is 1.31. The van der Waals surface area contributed by atoms with Crippen molar-refractivity contribution >= 4 is 29.1 Å². The Labute approximate surface area is 241 Å². The monoisotopic (exact) mass is 545 g/mol. The van der Waals surface area contributed by atoms with Crippen LogP contribution in [0.15, 0.2) is 91.0 Å². The van der Waals surface area contributed by atoms with Crippen LogP contribution in [0.25, 0.3) is 11.1 Å². The van der Waals surface area contributed by atoms with Gasteiger partial charge in [-0.05, 0) is 65.8 Å². The Morgan fingerprint density at radius 1 is 0.902 bits per heavy atom. The highest BCUT2D eigenvalue weighted by molar-refractivity contribution is 5.98. The second-order valence-electron chi connectivity index (χ2n) is 11.9. The van der Waals surface area contributed by atoms with E-state index in [4.69, 9.17) is 10.5 Å². The van der Waals surface area contributed by atoms with Crippen LogP contribution < -0.4 is 16.0 Å². The van der Waals surface area contributed by atoms with Crippen molar-refractivity contribution in [3.8, 4) is 11.1 Å². The van der Waals surface area contributed by atoms with E-state index in [9.17, 15) is 9.59 Å². The summed E-state index contributed by atoms with van der Waals surface area (Å²) in [5.74, 6) is -0.0928. The summed E-state index contributed by atoms with van der Waals surface area (Å²) in [6, 6.07) is 30.5. The smallest absolute Gasteiger partial charge is 0.411 e. The molecule has 0 bridgehead atoms. The SMILES string of the molecule is CC(=O)N1c2cc(N)c(NC(=O)OCC3c4ccccc4-c4ccccc43)cc2C(C)(c2ccccc2)CC1(C)C. The molecule has 1 aliphatic heterocycles. The minimum Gasteiger partial charge on any atom is -0.448 e. The van der Waals surface area contributed by atoms with Gasteiger partial charge in [0, 0.05) is 23.8 Å². The van der Waals surface area contributed by atoms with Gasteiger partial charge in [-0.25, -0.2) is 4.79 Å². The van der Waals surface area contributed by atoms with Gasteiger partial charge < -0.3 is 15.4 Å². The van der Waals surface area contributed by atoms with Gasteiger partial charge in [0.1, 0.15) is 6.61 Å². The van der Waals surface area contributed by atoms with Crippen molar-refractivity contribution in [2.45, 2.75) is 51.0 Å². The molecule has 1 aliphatic carbocycles. The lowest BCUT2D eigenvalue weighted by atomic mass is 9.65. The summed E-state index contributed by atoms with van der Waals surface area (Å²) in [5, 5.41) is 2.90. The lowest BCUT2D eigenvalue weighted by Crippen LogP contribution is -2.55. The molecule has 3 N–H and O–H groups in total. The lowest BCUT2D eigenvalue weighted by Gasteiger charge is -2.51. The van der Waals surface area contributed by atoms with Crippen LogP contribution in [0.5, 0.6) is 0 Å². The number of nitrogens with two attached hydrogens (primary N) is 1. The fourth-order valence-corrected chi connectivity index (χ4v) is 7.11. The molecule has 0 aromatic heterocycles. The summed E-state index contributed by atoms with van der Waals surface area (Å²) in [6.45, 7) is 8.14. The molecule has 1 heterocycles. The van der Waals surface area contributed by atoms with Gasteiger partial charge in [-0.2, -0.15) is 0 Å². The third kappa shape index (κ3) is 4.44. The second-order valence-corrected chi connectivity index (χ2v) is 11.9. The average molecular weight is 546 g/mol. The third-order valence-electron chi connectivity index (χ3n) is 8.70. The predicted octanol–water partition coefficient (Wildman–Crippen LogP) is 7.47. The number of rotatable bonds is 4. The quantitative estimate of drug-likeness (QED) is 0.261. The van der Waals surface area contributed by atoms with Crippen LogP contribution in [-0.4, -0.2) is 24.1 Å². The van der Waals surface area contributed by atoms with Crippen LogP contribution in [-0.2, 0) is 14.9 Å². The van der Waals surface area contributed by atoms with Crippen LogP contribution in [0.3, 0.4) is 0 Å². The molecule has 208 valence electrons. The number of benzene rings is 4. The Kier molecular flexibility index (Phi) is 6.37. The van der Waals surface area contributed by atoms with E-state index in [2.05, 4.69) is 62.5 Å². The summed E-state index contributed by atoms with van der Waals surface area (Å²) < 4.78 is 5.80. The third-order valence-corrected chi connectivity index (χ3v) is 8.70. The molecule has 0 radical (unpaired) electrons. The number of nitrogen functional groups attached to an aromatic ring is 1. The highest BCUT2D eigenvalue weighted by Gasteiger charge is 2.47. The van der Waals surface area contributed by atoms with Crippen LogP contribution in [0.1, 0.15) is 62.3 Å². The highest BCUT2D eigenvalue weighted by Crippen LogP contribution is 2.52. The molecule has 0 saturated carbocycles. The fraction of sp³-hybridized carbons (Fsp3) is 0.257. The van der Waals surface area contributed by atoms with Gasteiger partial charge >= 0.3 is 6.09 Å². The number of carbonyl (C=O) groups is 2. The number of carbonyl (C=O) groups excluding carboxylic acids is 2. The molecule has 1 unspecified atom stereocenters. The number of nitrogens with one attached hydrogen (secondary N) is 1. The van der Waals surface area contributed by atoms with Gasteiger partial charge in [0.15, 0.2) is 0 Å². The molecule has 6 heteroatoms. The summed E-state index contributed by atoms with van der Waals surface area (Å²) in [7, 11) is 0. The van der Waals surface area contributed by atoms with E-state index >= 15 is 0 Å². The standard InChI is InChI=1S/C35H35N3O3/c1-22(39)38-32-19-30(36)31(18-29(32)35(4,21-34(38,2)3)23-12-6-5-7-13-23)37-33(40)41-20-28-26-16-10-8-14-24(26)25-15-9-11-17-27(25)28/h5-19,28H,20-21,36H2,1-4H3,(H,37,40). The number of hydrogen-bond donors (Lipinski definition) is 2. The average Bonchev–Trinajstić information content (AvgIpc) is 3.26. The van der Waals surface area contributed by atoms with E-state index in [-0.39, 0.29) is 18.4 Å².